The van der Waals surface area contributed by atoms with Gasteiger partial charge in [-0.05, 0) is 0 Å². The molecule has 0 spiro atoms. The van der Waals surface area contributed by atoms with Crippen molar-refractivity contribution in [2.45, 2.75) is 0 Å². The van der Waals surface area contributed by atoms with Crippen molar-refractivity contribution in [3.05, 3.63) is 42.0 Å². The summed E-state index contributed by atoms with van der Waals surface area (Å²) in [7, 11) is 0. The molecule has 0 bridgehead atoms. The van der Waals surface area contributed by atoms with Gasteiger partial charge in [-0.1, -0.05) is 11.3 Å². The van der Waals surface area contributed by atoms with E-state index in [2.05, 4.69) is 4.98 Å². The molecule has 16 heavy (non-hydrogen) atoms. The van der Waals surface area contributed by atoms with E-state index < -0.39 is 26.1 Å². The Morgan fingerprint density at radius 3 is 2.44 bits per heavy atom. The summed E-state index contributed by atoms with van der Waals surface area (Å²) in [6.45, 7) is 0. The van der Waals surface area contributed by atoms with Crippen molar-refractivity contribution in [3.8, 4) is 0 Å². The van der Waals surface area contributed by atoms with Crippen LogP contribution >= 0.6 is 11.3 Å². The summed E-state index contributed by atoms with van der Waals surface area (Å²) in [5.41, 5.74) is -0.859. The molecule has 1 aromatic heterocycles. The van der Waals surface area contributed by atoms with Crippen molar-refractivity contribution >= 4 is 32.9 Å². The van der Waals surface area contributed by atoms with E-state index in [-0.39, 0.29) is 10.2 Å². The lowest BCUT2D eigenvalue weighted by atomic mass is 10.2. The molecule has 0 aliphatic carbocycles. The standard InChI is InChI=1S/C7H3N3O5S/c11-7-8-6-4(10(14)15)1-3(9(12)13)2-5(6)16-7/h1-2H,(H,8,11). The normalized spacial score (nSPS) is 10.5. The molecule has 0 unspecified atom stereocenters. The largest absolute Gasteiger partial charge is 0.307 e. The van der Waals surface area contributed by atoms with Crippen LogP contribution in [0.15, 0.2) is 16.9 Å². The lowest BCUT2D eigenvalue weighted by molar-refractivity contribution is -0.393. The number of hydrogen-bond acceptors (Lipinski definition) is 6. The van der Waals surface area contributed by atoms with Crippen molar-refractivity contribution in [1.29, 1.82) is 0 Å². The summed E-state index contributed by atoms with van der Waals surface area (Å²) >= 11 is 0.695. The van der Waals surface area contributed by atoms with E-state index in [4.69, 9.17) is 0 Å². The SMILES string of the molecule is O=c1[nH]c2c([N+](=O)[O-])cc([N+](=O)[O-])cc2s1. The van der Waals surface area contributed by atoms with Gasteiger partial charge in [-0.25, -0.2) is 0 Å². The average Bonchev–Trinajstić information content (AvgIpc) is 2.55. The Labute approximate surface area is 90.4 Å². The Kier molecular flexibility index (Phi) is 2.16. The molecule has 0 saturated heterocycles. The zero-order valence-corrected chi connectivity index (χ0v) is 8.32. The lowest BCUT2D eigenvalue weighted by Crippen LogP contribution is -1.95. The number of nitrogens with one attached hydrogen (secondary N) is 1. The van der Waals surface area contributed by atoms with E-state index in [1.807, 2.05) is 0 Å². The quantitative estimate of drug-likeness (QED) is 0.629. The number of nitro benzene ring substituents is 2. The lowest BCUT2D eigenvalue weighted by Gasteiger charge is -1.94. The summed E-state index contributed by atoms with van der Waals surface area (Å²) in [5.74, 6) is 0. The minimum absolute atomic E-state index is 0.0191. The highest BCUT2D eigenvalue weighted by molar-refractivity contribution is 7.16. The second kappa shape index (κ2) is 3.38. The predicted molar refractivity (Wildman–Crippen MR) is 55.8 cm³/mol. The molecule has 1 heterocycles. The first kappa shape index (κ1) is 10.2. The molecule has 9 heteroatoms. The van der Waals surface area contributed by atoms with Crippen LogP contribution < -0.4 is 4.87 Å². The third kappa shape index (κ3) is 1.52. The summed E-state index contributed by atoms with van der Waals surface area (Å²) in [4.78, 5) is 32.5. The highest BCUT2D eigenvalue weighted by Gasteiger charge is 2.21. The molecule has 0 fully saturated rings. The predicted octanol–water partition coefficient (Wildman–Crippen LogP) is 1.41. The van der Waals surface area contributed by atoms with Gasteiger partial charge in [-0.2, -0.15) is 0 Å². The monoisotopic (exact) mass is 241 g/mol. The maximum Gasteiger partial charge on any atom is 0.305 e. The number of non-ortho nitro benzene ring substituents is 2. The van der Waals surface area contributed by atoms with Crippen LogP contribution in [0.3, 0.4) is 0 Å². The minimum atomic E-state index is -0.766. The second-order valence-electron chi connectivity index (χ2n) is 2.87. The smallest absolute Gasteiger partial charge is 0.305 e. The molecule has 0 radical (unpaired) electrons. The Morgan fingerprint density at radius 2 is 1.88 bits per heavy atom. The van der Waals surface area contributed by atoms with Crippen LogP contribution in [0.5, 0.6) is 0 Å². The minimum Gasteiger partial charge on any atom is -0.307 e. The zero-order valence-electron chi connectivity index (χ0n) is 7.50. The Hall–Kier alpha value is -2.29. The summed E-state index contributed by atoms with van der Waals surface area (Å²) in [6.07, 6.45) is 0. The number of benzene rings is 1. The van der Waals surface area contributed by atoms with Gasteiger partial charge in [0.05, 0.1) is 20.6 Å². The van der Waals surface area contributed by atoms with Gasteiger partial charge in [0.1, 0.15) is 5.52 Å². The first-order valence-electron chi connectivity index (χ1n) is 3.94. The van der Waals surface area contributed by atoms with Crippen molar-refractivity contribution in [2.24, 2.45) is 0 Å². The zero-order chi connectivity index (χ0) is 11.9. The summed E-state index contributed by atoms with van der Waals surface area (Å²) < 4.78 is 0.200. The van der Waals surface area contributed by atoms with Crippen molar-refractivity contribution < 1.29 is 9.85 Å². The fourth-order valence-corrected chi connectivity index (χ4v) is 2.06. The van der Waals surface area contributed by atoms with Crippen LogP contribution in [0.25, 0.3) is 10.2 Å². The number of H-pyrrole nitrogens is 1. The van der Waals surface area contributed by atoms with Crippen LogP contribution in [0.2, 0.25) is 0 Å². The van der Waals surface area contributed by atoms with E-state index in [1.54, 1.807) is 0 Å². The van der Waals surface area contributed by atoms with Crippen molar-refractivity contribution in [2.75, 3.05) is 0 Å². The van der Waals surface area contributed by atoms with Gasteiger partial charge in [0, 0.05) is 6.07 Å². The molecule has 0 amide bonds. The molecular formula is C7H3N3O5S. The fraction of sp³-hybridized carbons (Fsp3) is 0. The Bertz CT molecular complexity index is 658. The van der Waals surface area contributed by atoms with Crippen LogP contribution in [0.1, 0.15) is 0 Å². The van der Waals surface area contributed by atoms with Crippen LogP contribution in [-0.4, -0.2) is 14.8 Å². The van der Waals surface area contributed by atoms with E-state index in [1.165, 1.54) is 0 Å². The molecule has 0 saturated carbocycles. The number of aromatic amines is 1. The first-order valence-corrected chi connectivity index (χ1v) is 4.76. The van der Waals surface area contributed by atoms with Gasteiger partial charge in [0.2, 0.25) is 0 Å². The Balaban J connectivity index is 2.88. The average molecular weight is 241 g/mol. The number of aromatic nitrogens is 1. The number of nitrogens with zero attached hydrogens (tertiary/aromatic N) is 2. The summed E-state index contributed by atoms with van der Waals surface area (Å²) in [5, 5.41) is 21.2. The molecule has 0 aliphatic heterocycles. The van der Waals surface area contributed by atoms with E-state index in [9.17, 15) is 25.0 Å². The number of rotatable bonds is 2. The van der Waals surface area contributed by atoms with E-state index in [0.29, 0.717) is 11.3 Å². The Morgan fingerprint density at radius 1 is 1.19 bits per heavy atom. The molecular weight excluding hydrogens is 238 g/mol. The van der Waals surface area contributed by atoms with Gasteiger partial charge in [-0.3, -0.25) is 25.0 Å². The molecule has 2 aromatic rings. The molecule has 0 atom stereocenters. The van der Waals surface area contributed by atoms with Crippen molar-refractivity contribution in [3.63, 3.8) is 0 Å². The number of thiazole rings is 1. The van der Waals surface area contributed by atoms with Gasteiger partial charge >= 0.3 is 10.6 Å². The summed E-state index contributed by atoms with van der Waals surface area (Å²) in [6, 6.07) is 1.95. The van der Waals surface area contributed by atoms with Crippen molar-refractivity contribution in [1.82, 2.24) is 4.98 Å². The molecule has 1 aromatic carbocycles. The third-order valence-corrected chi connectivity index (χ3v) is 2.73. The highest BCUT2D eigenvalue weighted by atomic mass is 32.1. The number of hydrogen-bond donors (Lipinski definition) is 1. The van der Waals surface area contributed by atoms with Gasteiger partial charge in [-0.15, -0.1) is 0 Å². The first-order chi connectivity index (χ1) is 7.49. The van der Waals surface area contributed by atoms with E-state index >= 15 is 0 Å². The molecule has 0 aliphatic rings. The van der Waals surface area contributed by atoms with Gasteiger partial charge in [0.15, 0.2) is 0 Å². The second-order valence-corrected chi connectivity index (χ2v) is 3.88. The van der Waals surface area contributed by atoms with Crippen LogP contribution in [0, 0.1) is 20.2 Å². The fourth-order valence-electron chi connectivity index (χ4n) is 1.27. The molecule has 1 N–H and O–H groups in total. The molecule has 8 nitrogen and oxygen atoms in total. The number of nitro groups is 2. The van der Waals surface area contributed by atoms with Crippen LogP contribution in [-0.2, 0) is 0 Å². The maximum absolute atomic E-state index is 11.0. The maximum atomic E-state index is 11.0. The topological polar surface area (TPSA) is 119 Å². The third-order valence-electron chi connectivity index (χ3n) is 1.90. The van der Waals surface area contributed by atoms with Gasteiger partial charge < -0.3 is 4.98 Å². The van der Waals surface area contributed by atoms with Crippen LogP contribution in [0.4, 0.5) is 11.4 Å². The highest BCUT2D eigenvalue weighted by Crippen LogP contribution is 2.30. The van der Waals surface area contributed by atoms with Gasteiger partial charge in [0.25, 0.3) is 5.69 Å². The molecule has 2 rings (SSSR count). The van der Waals surface area contributed by atoms with E-state index in [0.717, 1.165) is 12.1 Å². The molecule has 82 valence electrons. The number of fused-ring (bicyclic) bond motifs is 1.